The van der Waals surface area contributed by atoms with Crippen molar-refractivity contribution < 1.29 is 19.4 Å². The van der Waals surface area contributed by atoms with Gasteiger partial charge in [-0.3, -0.25) is 14.6 Å². The van der Waals surface area contributed by atoms with E-state index >= 15 is 0 Å². The third-order valence-electron chi connectivity index (χ3n) is 6.20. The fraction of sp³-hybridized carbons (Fsp3) is 0.667. The molecule has 188 valence electrons. The van der Waals surface area contributed by atoms with Crippen molar-refractivity contribution in [2.45, 2.75) is 37.6 Å². The van der Waals surface area contributed by atoms with E-state index in [0.717, 1.165) is 49.8 Å². The average molecular weight is 492 g/mol. The van der Waals surface area contributed by atoms with Crippen LogP contribution in [0.15, 0.2) is 18.2 Å². The zero-order chi connectivity index (χ0) is 24.5. The van der Waals surface area contributed by atoms with Crippen molar-refractivity contribution in [1.82, 2.24) is 15.1 Å². The highest BCUT2D eigenvalue weighted by Gasteiger charge is 2.45. The predicted octanol–water partition coefficient (Wildman–Crippen LogP) is 1.48. The normalized spacial score (nSPS) is 24.4. The van der Waals surface area contributed by atoms with Crippen LogP contribution in [0.25, 0.3) is 0 Å². The van der Waals surface area contributed by atoms with Crippen LogP contribution in [-0.2, 0) is 9.53 Å². The number of ether oxygens (including phenoxy) is 2. The Morgan fingerprint density at radius 3 is 2.82 bits per heavy atom. The van der Waals surface area contributed by atoms with E-state index in [9.17, 15) is 15.2 Å². The van der Waals surface area contributed by atoms with E-state index in [2.05, 4.69) is 21.6 Å². The number of benzene rings is 1. The molecule has 0 bridgehead atoms. The number of morpholine rings is 1. The van der Waals surface area contributed by atoms with Crippen molar-refractivity contribution in [3.8, 4) is 11.8 Å². The van der Waals surface area contributed by atoms with Crippen LogP contribution in [0.5, 0.6) is 5.75 Å². The smallest absolute Gasteiger partial charge is 0.239 e. The molecule has 0 aliphatic carbocycles. The molecule has 4 atom stereocenters. The first-order valence-corrected chi connectivity index (χ1v) is 13.0. The van der Waals surface area contributed by atoms with E-state index in [1.807, 2.05) is 43.9 Å². The number of hydrogen-bond donors (Lipinski definition) is 3. The summed E-state index contributed by atoms with van der Waals surface area (Å²) < 4.78 is 11.4. The zero-order valence-corrected chi connectivity index (χ0v) is 21.1. The van der Waals surface area contributed by atoms with E-state index < -0.39 is 12.1 Å². The monoisotopic (exact) mass is 491 g/mol. The van der Waals surface area contributed by atoms with Crippen LogP contribution in [0, 0.1) is 24.2 Å². The first-order chi connectivity index (χ1) is 16.5. The number of carbonyl (C=O) groups is 1. The zero-order valence-electron chi connectivity index (χ0n) is 20.3. The molecule has 0 aromatic heterocycles. The number of aliphatic hydroxyl groups excluding tert-OH is 1. The van der Waals surface area contributed by atoms with Crippen LogP contribution in [0.2, 0.25) is 0 Å². The van der Waals surface area contributed by atoms with Crippen molar-refractivity contribution in [1.29, 1.82) is 5.26 Å². The fourth-order valence-electron chi connectivity index (χ4n) is 4.21. The molecule has 1 aromatic rings. The van der Waals surface area contributed by atoms with Crippen LogP contribution in [0.4, 0.5) is 5.69 Å². The number of anilines is 1. The van der Waals surface area contributed by atoms with Gasteiger partial charge in [0.15, 0.2) is 0 Å². The number of nitrogens with one attached hydrogen (secondary N) is 2. The van der Waals surface area contributed by atoms with Gasteiger partial charge in [-0.15, -0.1) is 11.8 Å². The lowest BCUT2D eigenvalue weighted by molar-refractivity contribution is -0.124. The summed E-state index contributed by atoms with van der Waals surface area (Å²) in [7, 11) is 0. The Hall–Kier alpha value is -2.03. The Bertz CT molecular complexity index is 845. The SMILES string of the molecule is CCNC(=O)C(C#N)C1S[C@H](CNc2ccc(C)c(OCCN3CCOCC3)c2)C(O)N1CC. The highest BCUT2D eigenvalue weighted by Crippen LogP contribution is 2.38. The molecule has 3 rings (SSSR count). The van der Waals surface area contributed by atoms with Crippen LogP contribution in [0.3, 0.4) is 0 Å². The molecule has 1 amide bonds. The summed E-state index contributed by atoms with van der Waals surface area (Å²) >= 11 is 1.48. The molecule has 2 aliphatic heterocycles. The molecular formula is C24H37N5O4S. The average Bonchev–Trinajstić information content (AvgIpc) is 3.15. The Kier molecular flexibility index (Phi) is 10.3. The van der Waals surface area contributed by atoms with Crippen molar-refractivity contribution >= 4 is 23.4 Å². The van der Waals surface area contributed by atoms with E-state index in [-0.39, 0.29) is 16.5 Å². The molecular weight excluding hydrogens is 454 g/mol. The second kappa shape index (κ2) is 13.2. The van der Waals surface area contributed by atoms with Crippen molar-refractivity contribution in [2.75, 3.05) is 64.4 Å². The van der Waals surface area contributed by atoms with Gasteiger partial charge in [0.1, 0.15) is 24.5 Å². The van der Waals surface area contributed by atoms with Gasteiger partial charge in [-0.1, -0.05) is 13.0 Å². The molecule has 34 heavy (non-hydrogen) atoms. The maximum absolute atomic E-state index is 12.4. The molecule has 0 saturated carbocycles. The van der Waals surface area contributed by atoms with Gasteiger partial charge >= 0.3 is 0 Å². The van der Waals surface area contributed by atoms with E-state index in [0.29, 0.717) is 26.2 Å². The summed E-state index contributed by atoms with van der Waals surface area (Å²) in [5.41, 5.74) is 1.98. The van der Waals surface area contributed by atoms with Crippen molar-refractivity contribution in [3.63, 3.8) is 0 Å². The number of nitrogens with zero attached hydrogens (tertiary/aromatic N) is 3. The third-order valence-corrected chi connectivity index (χ3v) is 7.78. The highest BCUT2D eigenvalue weighted by molar-refractivity contribution is 8.00. The Morgan fingerprint density at radius 1 is 1.38 bits per heavy atom. The number of aliphatic hydroxyl groups is 1. The molecule has 9 nitrogen and oxygen atoms in total. The number of nitriles is 1. The molecule has 1 aromatic carbocycles. The second-order valence-electron chi connectivity index (χ2n) is 8.47. The predicted molar refractivity (Wildman–Crippen MR) is 134 cm³/mol. The highest BCUT2D eigenvalue weighted by atomic mass is 32.2. The van der Waals surface area contributed by atoms with Gasteiger partial charge < -0.3 is 25.2 Å². The number of aryl methyl sites for hydroxylation is 1. The lowest BCUT2D eigenvalue weighted by Gasteiger charge is -2.27. The van der Waals surface area contributed by atoms with E-state index in [1.54, 1.807) is 0 Å². The molecule has 3 unspecified atom stereocenters. The van der Waals surface area contributed by atoms with Gasteiger partial charge in [0.2, 0.25) is 5.91 Å². The molecule has 0 spiro atoms. The van der Waals surface area contributed by atoms with Crippen molar-refractivity contribution in [2.24, 2.45) is 5.92 Å². The number of thioether (sulfide) groups is 1. The van der Waals surface area contributed by atoms with Gasteiger partial charge in [0, 0.05) is 44.5 Å². The van der Waals surface area contributed by atoms with Crippen molar-refractivity contribution in [3.05, 3.63) is 23.8 Å². The number of amides is 1. The number of hydrogen-bond acceptors (Lipinski definition) is 9. The Morgan fingerprint density at radius 2 is 2.15 bits per heavy atom. The maximum Gasteiger partial charge on any atom is 0.239 e. The largest absolute Gasteiger partial charge is 0.492 e. The lowest BCUT2D eigenvalue weighted by Crippen LogP contribution is -2.46. The summed E-state index contributed by atoms with van der Waals surface area (Å²) in [6.45, 7) is 12.2. The summed E-state index contributed by atoms with van der Waals surface area (Å²) in [6.07, 6.45) is -0.743. The first-order valence-electron chi connectivity index (χ1n) is 12.0. The third kappa shape index (κ3) is 6.77. The minimum absolute atomic E-state index is 0.179. The Labute approximate surface area is 206 Å². The lowest BCUT2D eigenvalue weighted by atomic mass is 10.1. The second-order valence-corrected chi connectivity index (χ2v) is 9.83. The molecule has 2 fully saturated rings. The van der Waals surface area contributed by atoms with Crippen LogP contribution >= 0.6 is 11.8 Å². The minimum Gasteiger partial charge on any atom is -0.492 e. The van der Waals surface area contributed by atoms with Gasteiger partial charge in [-0.25, -0.2) is 0 Å². The quantitative estimate of drug-likeness (QED) is 0.424. The Balaban J connectivity index is 1.57. The number of carbonyl (C=O) groups excluding carboxylic acids is 1. The maximum atomic E-state index is 12.4. The first kappa shape index (κ1) is 26.6. The summed E-state index contributed by atoms with van der Waals surface area (Å²) in [5, 5.41) is 26.1. The van der Waals surface area contributed by atoms with E-state index in [1.165, 1.54) is 11.8 Å². The molecule has 10 heteroatoms. The summed E-state index contributed by atoms with van der Waals surface area (Å²) in [6, 6.07) is 8.14. The number of rotatable bonds is 11. The summed E-state index contributed by atoms with van der Waals surface area (Å²) in [4.78, 5) is 16.5. The topological polar surface area (TPSA) is 110 Å². The molecule has 3 N–H and O–H groups in total. The van der Waals surface area contributed by atoms with Gasteiger partial charge in [-0.2, -0.15) is 5.26 Å². The molecule has 2 saturated heterocycles. The fourth-order valence-corrected chi connectivity index (χ4v) is 5.82. The van der Waals surface area contributed by atoms with Crippen LogP contribution in [-0.4, -0.2) is 96.8 Å². The molecule has 2 heterocycles. The molecule has 0 radical (unpaired) electrons. The standard InChI is InChI=1S/C24H37N5O4S/c1-4-26-22(30)19(15-25)24-29(5-2)23(31)21(34-24)16-27-18-7-6-17(3)20(14-18)33-13-10-28-8-11-32-12-9-28/h6-7,14,19,21,23-24,27,31H,4-5,8-13,16H2,1-3H3,(H,26,30)/t19?,21-,23?,24?/m1/s1. The van der Waals surface area contributed by atoms with Crippen LogP contribution < -0.4 is 15.4 Å². The van der Waals surface area contributed by atoms with Gasteiger partial charge in [0.05, 0.1) is 29.9 Å². The van der Waals surface area contributed by atoms with E-state index in [4.69, 9.17) is 9.47 Å². The van der Waals surface area contributed by atoms with Crippen LogP contribution in [0.1, 0.15) is 19.4 Å². The van der Waals surface area contributed by atoms with Gasteiger partial charge in [0.25, 0.3) is 0 Å². The molecule has 2 aliphatic rings. The minimum atomic E-state index is -0.838. The van der Waals surface area contributed by atoms with Gasteiger partial charge in [-0.05, 0) is 32.0 Å². The summed E-state index contributed by atoms with van der Waals surface area (Å²) in [5.74, 6) is -0.290.